The van der Waals surface area contributed by atoms with Gasteiger partial charge in [-0.3, -0.25) is 52.7 Å². The van der Waals surface area contributed by atoms with Gasteiger partial charge in [-0.05, 0) is 74.8 Å². The van der Waals surface area contributed by atoms with Gasteiger partial charge in [0.1, 0.15) is 60.5 Å². The average Bonchev–Trinajstić information content (AvgIpc) is 3.88. The summed E-state index contributed by atoms with van der Waals surface area (Å²) in [5, 5.41) is 47.5. The summed E-state index contributed by atoms with van der Waals surface area (Å²) in [4.78, 5) is 166. The predicted molar refractivity (Wildman–Crippen MR) is 322 cm³/mol. The summed E-state index contributed by atoms with van der Waals surface area (Å²) in [5.74, 6) is -13.3. The number of ketones is 1. The van der Waals surface area contributed by atoms with Gasteiger partial charge in [0.25, 0.3) is 0 Å². The maximum atomic E-state index is 14.4. The Morgan fingerprint density at radius 2 is 1.08 bits per heavy atom. The second-order valence-corrected chi connectivity index (χ2v) is 23.7. The summed E-state index contributed by atoms with van der Waals surface area (Å²) in [5.41, 5.74) is 6.32. The van der Waals surface area contributed by atoms with Gasteiger partial charge in [-0.25, -0.2) is 4.79 Å². The van der Waals surface area contributed by atoms with Crippen molar-refractivity contribution in [2.24, 2.45) is 41.2 Å². The Morgan fingerprint density at radius 1 is 0.609 bits per heavy atom. The Morgan fingerprint density at radius 3 is 1.56 bits per heavy atom. The third kappa shape index (κ3) is 22.6. The number of hydrogen-bond donors (Lipinski definition) is 13. The molecule has 1 heterocycles. The molecule has 0 radical (unpaired) electrons. The largest absolute Gasteiger partial charge is 0.458 e. The number of nitrogens with one attached hydrogen (secondary N) is 10. The number of cyclic esters (lactones) is 1. The first-order valence-electron chi connectivity index (χ1n) is 30.9. The molecule has 1 saturated carbocycles. The third-order valence-electron chi connectivity index (χ3n) is 17.1. The Kier molecular flexibility index (Phi) is 31.5. The molecule has 488 valence electrons. The smallest absolute Gasteiger partial charge is 0.329 e. The molecule has 16 atom stereocenters. The minimum Gasteiger partial charge on any atom is -0.458 e. The molecule has 2 fully saturated rings. The molecule has 1 aromatic rings. The van der Waals surface area contributed by atoms with Gasteiger partial charge in [-0.15, -0.1) is 0 Å². The first-order chi connectivity index (χ1) is 41.2. The average molecular weight is 1230 g/mol. The Bertz CT molecular complexity index is 2500. The van der Waals surface area contributed by atoms with Crippen LogP contribution in [0.15, 0.2) is 30.3 Å². The van der Waals surface area contributed by atoms with E-state index in [0.717, 1.165) is 24.8 Å². The molecule has 0 unspecified atom stereocenters. The second-order valence-electron chi connectivity index (χ2n) is 23.7. The predicted octanol–water partition coefficient (Wildman–Crippen LogP) is -0.264. The summed E-state index contributed by atoms with van der Waals surface area (Å²) >= 11 is 0. The van der Waals surface area contributed by atoms with Crippen LogP contribution in [0.1, 0.15) is 152 Å². The molecule has 0 bridgehead atoms. The van der Waals surface area contributed by atoms with E-state index in [1.807, 2.05) is 37.3 Å². The van der Waals surface area contributed by atoms with E-state index in [1.165, 1.54) is 13.8 Å². The molecule has 26 nitrogen and oxygen atoms in total. The highest BCUT2D eigenvalue weighted by Crippen LogP contribution is 2.28. The van der Waals surface area contributed by atoms with Crippen LogP contribution >= 0.6 is 0 Å². The van der Waals surface area contributed by atoms with Crippen molar-refractivity contribution in [3.63, 3.8) is 0 Å². The molecule has 3 rings (SSSR count). The summed E-state index contributed by atoms with van der Waals surface area (Å²) in [7, 11) is 1.60. The van der Waals surface area contributed by atoms with Crippen LogP contribution in [-0.2, 0) is 68.7 Å². The zero-order valence-electron chi connectivity index (χ0n) is 52.6. The van der Waals surface area contributed by atoms with Crippen molar-refractivity contribution in [3.8, 4) is 0 Å². The maximum absolute atomic E-state index is 14.4. The fraction of sp³-hybridized carbons (Fsp3) is 0.705. The fourth-order valence-electron chi connectivity index (χ4n) is 10.4. The number of rotatable bonds is 31. The molecule has 87 heavy (non-hydrogen) atoms. The number of nitrogens with two attached hydrogens (primary N) is 1. The Balaban J connectivity index is 1.85. The van der Waals surface area contributed by atoms with Crippen molar-refractivity contribution in [1.29, 1.82) is 0 Å². The number of esters is 1. The van der Waals surface area contributed by atoms with Crippen molar-refractivity contribution in [1.82, 2.24) is 53.2 Å². The van der Waals surface area contributed by atoms with Gasteiger partial charge < -0.3 is 73.9 Å². The van der Waals surface area contributed by atoms with Gasteiger partial charge in [-0.1, -0.05) is 138 Å². The summed E-state index contributed by atoms with van der Waals surface area (Å²) in [6.07, 6.45) is 3.04. The number of benzene rings is 1. The van der Waals surface area contributed by atoms with E-state index in [-0.39, 0.29) is 18.8 Å². The second kappa shape index (κ2) is 36.9. The number of aliphatic hydroxyl groups is 2. The minimum absolute atomic E-state index is 0.213. The third-order valence-corrected chi connectivity index (χ3v) is 17.1. The van der Waals surface area contributed by atoms with E-state index in [2.05, 4.69) is 53.2 Å². The van der Waals surface area contributed by atoms with Crippen LogP contribution in [0.5, 0.6) is 0 Å². The van der Waals surface area contributed by atoms with E-state index in [9.17, 15) is 67.7 Å². The molecule has 26 heteroatoms. The molecule has 0 aromatic heterocycles. The Labute approximate surface area is 511 Å². The zero-order valence-corrected chi connectivity index (χ0v) is 52.6. The van der Waals surface area contributed by atoms with Gasteiger partial charge >= 0.3 is 5.97 Å². The SMILES string of the molecule is CC[C@@H](C)[C@@H](NC(=O)[C@@H](CCC(N)=O)NC(=O)[C@H](CO)NC(=O)[C@@H](NC(=O)[C@@H](Cc1ccccc1)NC)[C@@H](C)CC)C(=O)N[C@H](C(=O)N[C@@H](CO)C(=O)N[C@H]1C(=O)C[C@@H](C)C(=O)N[C@@H](C2CCCCC2)C(=O)N[C@@H]([C@@H](C)CC)C(=O)O[C@H]1C)[C@@H](C)CC. The number of hydrogen-bond acceptors (Lipinski definition) is 16. The van der Waals surface area contributed by atoms with Gasteiger partial charge in [0.05, 0.1) is 19.3 Å². The number of ether oxygens (including phenoxy) is 1. The van der Waals surface area contributed by atoms with Gasteiger partial charge in [0.2, 0.25) is 59.1 Å². The van der Waals surface area contributed by atoms with Crippen LogP contribution in [-0.4, -0.2) is 168 Å². The van der Waals surface area contributed by atoms with Crippen LogP contribution in [0.25, 0.3) is 0 Å². The van der Waals surface area contributed by atoms with Gasteiger partial charge in [-0.2, -0.15) is 0 Å². The minimum atomic E-state index is -1.77. The van der Waals surface area contributed by atoms with Gasteiger partial charge in [0.15, 0.2) is 5.78 Å². The highest BCUT2D eigenvalue weighted by molar-refractivity contribution is 5.99. The monoisotopic (exact) mass is 1230 g/mol. The first kappa shape index (κ1) is 74.2. The summed E-state index contributed by atoms with van der Waals surface area (Å²) in [6, 6.07) is -4.37. The molecule has 1 aromatic carbocycles. The van der Waals surface area contributed by atoms with Crippen LogP contribution in [0.4, 0.5) is 0 Å². The zero-order chi connectivity index (χ0) is 65.2. The number of aliphatic hydroxyl groups excluding tert-OH is 2. The molecular formula is C61H99N11O15. The normalized spacial score (nSPS) is 22.6. The highest BCUT2D eigenvalue weighted by atomic mass is 16.5. The van der Waals surface area contributed by atoms with E-state index in [0.29, 0.717) is 32.1 Å². The van der Waals surface area contributed by atoms with Crippen LogP contribution in [0.2, 0.25) is 0 Å². The number of primary amides is 1. The standard InChI is InChI=1S/C61H99N11O15/c1-12-32(5)46(68-54(79)41(63-11)29-38-22-18-16-19-23-38)57(82)65-42(30-73)55(80)64-40(26-27-45(62)76)53(78)67-48(34(7)14-3)59(84)69-47(33(6)13-2)58(83)66-43(31-74)56(81)71-50-37(10)87-61(86)49(35(8)15-4)70-60(85)51(39-24-20-17-21-25-39)72-52(77)36(9)28-44(50)75/h16,18-19,22-23,32-37,39-43,46-51,63,73-74H,12-15,17,20-21,24-31H2,1-11H3,(H2,62,76)(H,64,80)(H,65,82)(H,66,83)(H,67,78)(H,68,79)(H,69,84)(H,70,85)(H,71,81)(H,72,77)/t32-,33-,34+,35-,36+,37-,40+,41+,42-,43-,46-,47-,48+,49-,50+,51-/m0/s1. The van der Waals surface area contributed by atoms with E-state index >= 15 is 0 Å². The van der Waals surface area contributed by atoms with Crippen molar-refractivity contribution in [2.75, 3.05) is 20.3 Å². The maximum Gasteiger partial charge on any atom is 0.329 e. The van der Waals surface area contributed by atoms with Crippen molar-refractivity contribution in [3.05, 3.63) is 35.9 Å². The van der Waals surface area contributed by atoms with E-state index in [4.69, 9.17) is 10.5 Å². The lowest BCUT2D eigenvalue weighted by Crippen LogP contribution is -2.63. The molecular weight excluding hydrogens is 1130 g/mol. The van der Waals surface area contributed by atoms with Crippen LogP contribution in [0, 0.1) is 35.5 Å². The molecule has 1 aliphatic heterocycles. The van der Waals surface area contributed by atoms with E-state index in [1.54, 1.807) is 55.5 Å². The lowest BCUT2D eigenvalue weighted by atomic mass is 9.83. The summed E-state index contributed by atoms with van der Waals surface area (Å²) in [6.45, 7) is 14.6. The lowest BCUT2D eigenvalue weighted by molar-refractivity contribution is -0.157. The number of amides is 10. The van der Waals surface area contributed by atoms with Crippen LogP contribution in [0.3, 0.4) is 0 Å². The molecule has 1 aliphatic carbocycles. The lowest BCUT2D eigenvalue weighted by Gasteiger charge is -2.32. The first-order valence-corrected chi connectivity index (χ1v) is 30.9. The molecule has 1 saturated heterocycles. The number of carbonyl (C=O) groups excluding carboxylic acids is 12. The molecule has 2 aliphatic rings. The highest BCUT2D eigenvalue weighted by Gasteiger charge is 2.42. The van der Waals surface area contributed by atoms with Crippen molar-refractivity contribution < 1.29 is 72.5 Å². The quantitative estimate of drug-likeness (QED) is 0.0426. The summed E-state index contributed by atoms with van der Waals surface area (Å²) < 4.78 is 5.81. The molecule has 10 amide bonds. The van der Waals surface area contributed by atoms with Gasteiger partial charge in [0, 0.05) is 18.8 Å². The fourth-order valence-corrected chi connectivity index (χ4v) is 10.4. The number of likely N-dealkylation sites (N-methyl/N-ethyl adjacent to an activating group) is 1. The van der Waals surface area contributed by atoms with Crippen LogP contribution < -0.4 is 58.9 Å². The van der Waals surface area contributed by atoms with Crippen molar-refractivity contribution in [2.45, 2.75) is 219 Å². The topological polar surface area (TPSA) is 401 Å². The van der Waals surface area contributed by atoms with E-state index < -0.39 is 199 Å². The molecule has 0 spiro atoms. The number of carbonyl (C=O) groups is 12. The number of Topliss-reactive ketones (excluding diaryl/α,β-unsaturated/α-hetero) is 1. The Hall–Kier alpha value is -7.06. The van der Waals surface area contributed by atoms with Crippen molar-refractivity contribution >= 4 is 70.8 Å². The molecule has 14 N–H and O–H groups in total.